The Morgan fingerprint density at radius 1 is 1.42 bits per heavy atom. The zero-order chi connectivity index (χ0) is 14.3. The zero-order valence-electron chi connectivity index (χ0n) is 11.5. The molecule has 0 aromatic heterocycles. The van der Waals surface area contributed by atoms with E-state index in [1.165, 1.54) is 6.08 Å². The van der Waals surface area contributed by atoms with Gasteiger partial charge in [0.15, 0.2) is 0 Å². The molecule has 0 aliphatic carbocycles. The Morgan fingerprint density at radius 3 is 2.79 bits per heavy atom. The van der Waals surface area contributed by atoms with Gasteiger partial charge in [-0.25, -0.2) is 4.79 Å². The monoisotopic (exact) mass is 326 g/mol. The molecule has 19 heavy (non-hydrogen) atoms. The molecule has 0 bridgehead atoms. The molecule has 0 radical (unpaired) electrons. The standard InChI is InChI=1S/C15H19BrO3/c1-4-18-15(17)6-5-9-19-14-8-7-12(16)10-13(14)11(2)3/h5-8,10-11H,4,9H2,1-3H3/b6-5+. The van der Waals surface area contributed by atoms with Crippen LogP contribution in [-0.2, 0) is 9.53 Å². The number of halogens is 1. The minimum absolute atomic E-state index is 0.342. The summed E-state index contributed by atoms with van der Waals surface area (Å²) in [5.74, 6) is 0.874. The van der Waals surface area contributed by atoms with Crippen LogP contribution in [0.25, 0.3) is 0 Å². The van der Waals surface area contributed by atoms with Gasteiger partial charge in [-0.2, -0.15) is 0 Å². The number of hydrogen-bond donors (Lipinski definition) is 0. The van der Waals surface area contributed by atoms with Crippen molar-refractivity contribution in [1.82, 2.24) is 0 Å². The van der Waals surface area contributed by atoms with E-state index in [1.807, 2.05) is 12.1 Å². The maximum absolute atomic E-state index is 11.1. The molecule has 0 saturated heterocycles. The second-order valence-corrected chi connectivity index (χ2v) is 5.22. The highest BCUT2D eigenvalue weighted by atomic mass is 79.9. The first kappa shape index (κ1) is 15.8. The van der Waals surface area contributed by atoms with Crippen LogP contribution in [0.1, 0.15) is 32.3 Å². The van der Waals surface area contributed by atoms with Crippen LogP contribution >= 0.6 is 15.9 Å². The van der Waals surface area contributed by atoms with Gasteiger partial charge in [0.05, 0.1) is 6.61 Å². The summed E-state index contributed by atoms with van der Waals surface area (Å²) in [4.78, 5) is 11.1. The largest absolute Gasteiger partial charge is 0.489 e. The molecule has 1 aromatic rings. The molecular formula is C15H19BrO3. The summed E-state index contributed by atoms with van der Waals surface area (Å²) < 4.78 is 11.5. The van der Waals surface area contributed by atoms with Crippen LogP contribution < -0.4 is 4.74 Å². The van der Waals surface area contributed by atoms with Crippen molar-refractivity contribution in [3.63, 3.8) is 0 Å². The Labute approximate surface area is 122 Å². The fraction of sp³-hybridized carbons (Fsp3) is 0.400. The minimum atomic E-state index is -0.342. The molecule has 0 aliphatic heterocycles. The van der Waals surface area contributed by atoms with Gasteiger partial charge in [0.2, 0.25) is 0 Å². The lowest BCUT2D eigenvalue weighted by atomic mass is 10.0. The Balaban J connectivity index is 2.60. The van der Waals surface area contributed by atoms with Gasteiger partial charge in [-0.05, 0) is 42.7 Å². The first-order chi connectivity index (χ1) is 9.04. The van der Waals surface area contributed by atoms with Crippen LogP contribution in [-0.4, -0.2) is 19.2 Å². The predicted octanol–water partition coefficient (Wildman–Crippen LogP) is 4.07. The van der Waals surface area contributed by atoms with Crippen molar-refractivity contribution in [2.75, 3.05) is 13.2 Å². The lowest BCUT2D eigenvalue weighted by molar-refractivity contribution is -0.137. The van der Waals surface area contributed by atoms with E-state index in [4.69, 9.17) is 9.47 Å². The molecule has 0 atom stereocenters. The smallest absolute Gasteiger partial charge is 0.330 e. The number of esters is 1. The van der Waals surface area contributed by atoms with Crippen LogP contribution in [0.4, 0.5) is 0 Å². The summed E-state index contributed by atoms with van der Waals surface area (Å²) >= 11 is 3.45. The molecular weight excluding hydrogens is 308 g/mol. The van der Waals surface area contributed by atoms with Crippen LogP contribution in [0.5, 0.6) is 5.75 Å². The van der Waals surface area contributed by atoms with Gasteiger partial charge >= 0.3 is 5.97 Å². The van der Waals surface area contributed by atoms with E-state index in [2.05, 4.69) is 35.8 Å². The Bertz CT molecular complexity index is 453. The van der Waals surface area contributed by atoms with Crippen LogP contribution in [0, 0.1) is 0 Å². The van der Waals surface area contributed by atoms with Crippen molar-refractivity contribution in [1.29, 1.82) is 0 Å². The van der Waals surface area contributed by atoms with Gasteiger partial charge in [-0.1, -0.05) is 29.8 Å². The molecule has 1 aromatic carbocycles. The third-order valence-corrected chi connectivity index (χ3v) is 2.96. The lowest BCUT2D eigenvalue weighted by Gasteiger charge is -2.13. The van der Waals surface area contributed by atoms with Crippen LogP contribution in [0.3, 0.4) is 0 Å². The number of hydrogen-bond acceptors (Lipinski definition) is 3. The predicted molar refractivity (Wildman–Crippen MR) is 79.5 cm³/mol. The molecule has 3 nitrogen and oxygen atoms in total. The van der Waals surface area contributed by atoms with E-state index >= 15 is 0 Å². The van der Waals surface area contributed by atoms with Crippen LogP contribution in [0.15, 0.2) is 34.8 Å². The Hall–Kier alpha value is -1.29. The number of rotatable bonds is 6. The SMILES string of the molecule is CCOC(=O)/C=C/COc1ccc(Br)cc1C(C)C. The molecule has 4 heteroatoms. The second-order valence-electron chi connectivity index (χ2n) is 4.30. The highest BCUT2D eigenvalue weighted by Crippen LogP contribution is 2.29. The summed E-state index contributed by atoms with van der Waals surface area (Å²) in [6.45, 7) is 6.74. The molecule has 0 fully saturated rings. The minimum Gasteiger partial charge on any atom is -0.489 e. The average Bonchev–Trinajstić information content (AvgIpc) is 2.36. The maximum Gasteiger partial charge on any atom is 0.330 e. The van der Waals surface area contributed by atoms with Crippen molar-refractivity contribution in [3.8, 4) is 5.75 Å². The molecule has 0 amide bonds. The first-order valence-electron chi connectivity index (χ1n) is 6.30. The molecule has 0 aliphatic rings. The average molecular weight is 327 g/mol. The summed E-state index contributed by atoms with van der Waals surface area (Å²) in [7, 11) is 0. The van der Waals surface area contributed by atoms with E-state index in [1.54, 1.807) is 13.0 Å². The number of carbonyl (C=O) groups excluding carboxylic acids is 1. The fourth-order valence-electron chi connectivity index (χ4n) is 1.57. The third kappa shape index (κ3) is 5.47. The van der Waals surface area contributed by atoms with Gasteiger partial charge in [-0.15, -0.1) is 0 Å². The van der Waals surface area contributed by atoms with Gasteiger partial charge in [-0.3, -0.25) is 0 Å². The molecule has 0 N–H and O–H groups in total. The highest BCUT2D eigenvalue weighted by molar-refractivity contribution is 9.10. The van der Waals surface area contributed by atoms with Gasteiger partial charge in [0.1, 0.15) is 12.4 Å². The topological polar surface area (TPSA) is 35.5 Å². The van der Waals surface area contributed by atoms with E-state index < -0.39 is 0 Å². The van der Waals surface area contributed by atoms with E-state index in [-0.39, 0.29) is 5.97 Å². The van der Waals surface area contributed by atoms with Gasteiger partial charge in [0, 0.05) is 10.5 Å². The Morgan fingerprint density at radius 2 is 2.16 bits per heavy atom. The first-order valence-corrected chi connectivity index (χ1v) is 7.09. The lowest BCUT2D eigenvalue weighted by Crippen LogP contribution is -2.02. The van der Waals surface area contributed by atoms with Gasteiger partial charge in [0.25, 0.3) is 0 Å². The summed E-state index contributed by atoms with van der Waals surface area (Å²) in [5.41, 5.74) is 1.14. The van der Waals surface area contributed by atoms with E-state index in [9.17, 15) is 4.79 Å². The van der Waals surface area contributed by atoms with Crippen molar-refractivity contribution in [2.24, 2.45) is 0 Å². The van der Waals surface area contributed by atoms with Gasteiger partial charge < -0.3 is 9.47 Å². The highest BCUT2D eigenvalue weighted by Gasteiger charge is 2.08. The molecule has 0 unspecified atom stereocenters. The molecule has 104 valence electrons. The third-order valence-electron chi connectivity index (χ3n) is 2.47. The zero-order valence-corrected chi connectivity index (χ0v) is 13.1. The molecule has 0 saturated carbocycles. The van der Waals surface area contributed by atoms with Crippen molar-refractivity contribution >= 4 is 21.9 Å². The fourth-order valence-corrected chi connectivity index (χ4v) is 1.95. The Kier molecular flexibility index (Phi) is 6.64. The quantitative estimate of drug-likeness (QED) is 0.584. The summed E-state index contributed by atoms with van der Waals surface area (Å²) in [6, 6.07) is 5.92. The van der Waals surface area contributed by atoms with Crippen molar-refractivity contribution in [3.05, 3.63) is 40.4 Å². The molecule has 0 spiro atoms. The number of ether oxygens (including phenoxy) is 2. The second kappa shape index (κ2) is 8.00. The maximum atomic E-state index is 11.1. The van der Waals surface area contributed by atoms with Crippen molar-refractivity contribution in [2.45, 2.75) is 26.7 Å². The van der Waals surface area contributed by atoms with E-state index in [0.717, 1.165) is 15.8 Å². The molecule has 1 rings (SSSR count). The van der Waals surface area contributed by atoms with E-state index in [0.29, 0.717) is 19.1 Å². The van der Waals surface area contributed by atoms with Crippen molar-refractivity contribution < 1.29 is 14.3 Å². The normalized spacial score (nSPS) is 11.0. The molecule has 0 heterocycles. The number of carbonyl (C=O) groups is 1. The number of benzene rings is 1. The van der Waals surface area contributed by atoms with Crippen LogP contribution in [0.2, 0.25) is 0 Å². The summed E-state index contributed by atoms with van der Waals surface area (Å²) in [6.07, 6.45) is 3.04. The summed E-state index contributed by atoms with van der Waals surface area (Å²) in [5, 5.41) is 0.